The summed E-state index contributed by atoms with van der Waals surface area (Å²) in [6.45, 7) is 5.72. The van der Waals surface area contributed by atoms with Crippen LogP contribution >= 0.6 is 0 Å². The first-order chi connectivity index (χ1) is 6.54. The minimum atomic E-state index is -2.51. The van der Waals surface area contributed by atoms with Crippen molar-refractivity contribution >= 4 is 0 Å². The van der Waals surface area contributed by atoms with Crippen LogP contribution in [0.15, 0.2) is 0 Å². The molecule has 0 spiro atoms. The molecule has 0 unspecified atom stereocenters. The minimum Gasteiger partial charge on any atom is -0.303 e. The van der Waals surface area contributed by atoms with E-state index in [0.717, 1.165) is 32.9 Å². The van der Waals surface area contributed by atoms with Crippen LogP contribution in [0, 0.1) is 5.92 Å². The molecule has 0 amide bonds. The zero-order chi connectivity index (χ0) is 10.6. The van der Waals surface area contributed by atoms with Gasteiger partial charge in [0.2, 0.25) is 5.92 Å². The molecule has 1 rings (SSSR count). The summed E-state index contributed by atoms with van der Waals surface area (Å²) in [6, 6.07) is 0. The summed E-state index contributed by atoms with van der Waals surface area (Å²) in [6.07, 6.45) is 3.76. The fourth-order valence-corrected chi connectivity index (χ4v) is 1.83. The number of hydrogen-bond acceptors (Lipinski definition) is 1. The molecular weight excluding hydrogens is 184 g/mol. The van der Waals surface area contributed by atoms with Crippen LogP contribution in [0.25, 0.3) is 0 Å². The standard InChI is InChI=1S/C11H21F2N/c1-3-4-6-10(11(2,12)13)9-14-7-5-8-14/h10H,3-9H2,1-2H3/t10-/m1/s1. The summed E-state index contributed by atoms with van der Waals surface area (Å²) < 4.78 is 26.4. The molecule has 0 bridgehead atoms. The van der Waals surface area contributed by atoms with Crippen LogP contribution < -0.4 is 0 Å². The smallest absolute Gasteiger partial charge is 0.249 e. The van der Waals surface area contributed by atoms with Crippen molar-refractivity contribution in [3.63, 3.8) is 0 Å². The van der Waals surface area contributed by atoms with Gasteiger partial charge in [0, 0.05) is 12.5 Å². The van der Waals surface area contributed by atoms with Crippen molar-refractivity contribution in [2.24, 2.45) is 5.92 Å². The first-order valence-electron chi connectivity index (χ1n) is 5.64. The molecule has 1 aliphatic heterocycles. The number of unbranched alkanes of at least 4 members (excludes halogenated alkanes) is 1. The van der Waals surface area contributed by atoms with E-state index in [4.69, 9.17) is 0 Å². The minimum absolute atomic E-state index is 0.442. The highest BCUT2D eigenvalue weighted by atomic mass is 19.3. The number of alkyl halides is 2. The fourth-order valence-electron chi connectivity index (χ4n) is 1.83. The average molecular weight is 205 g/mol. The molecule has 1 aliphatic rings. The highest BCUT2D eigenvalue weighted by Crippen LogP contribution is 2.30. The molecule has 0 aromatic carbocycles. The van der Waals surface area contributed by atoms with E-state index >= 15 is 0 Å². The molecule has 84 valence electrons. The Kier molecular flexibility index (Phi) is 4.30. The maximum Gasteiger partial charge on any atom is 0.249 e. The van der Waals surface area contributed by atoms with E-state index in [2.05, 4.69) is 11.8 Å². The predicted molar refractivity (Wildman–Crippen MR) is 54.7 cm³/mol. The van der Waals surface area contributed by atoms with Gasteiger partial charge in [0.25, 0.3) is 0 Å². The Labute approximate surface area is 85.5 Å². The molecule has 1 nitrogen and oxygen atoms in total. The molecule has 1 fully saturated rings. The second-order valence-corrected chi connectivity index (χ2v) is 4.45. The summed E-state index contributed by atoms with van der Waals surface area (Å²) >= 11 is 0. The van der Waals surface area contributed by atoms with Gasteiger partial charge in [0.15, 0.2) is 0 Å². The quantitative estimate of drug-likeness (QED) is 0.644. The Balaban J connectivity index is 2.35. The molecule has 0 aromatic rings. The Morgan fingerprint density at radius 3 is 2.36 bits per heavy atom. The van der Waals surface area contributed by atoms with Crippen LogP contribution in [-0.2, 0) is 0 Å². The molecule has 0 radical (unpaired) electrons. The van der Waals surface area contributed by atoms with Gasteiger partial charge in [-0.15, -0.1) is 0 Å². The lowest BCUT2D eigenvalue weighted by Gasteiger charge is -2.36. The predicted octanol–water partition coefficient (Wildman–Crippen LogP) is 3.15. The number of likely N-dealkylation sites (tertiary alicyclic amines) is 1. The van der Waals surface area contributed by atoms with E-state index in [9.17, 15) is 8.78 Å². The molecule has 0 aliphatic carbocycles. The lowest BCUT2D eigenvalue weighted by Crippen LogP contribution is -2.44. The van der Waals surface area contributed by atoms with Gasteiger partial charge in [-0.3, -0.25) is 0 Å². The van der Waals surface area contributed by atoms with Gasteiger partial charge in [0.1, 0.15) is 0 Å². The number of nitrogens with zero attached hydrogens (tertiary/aromatic N) is 1. The van der Waals surface area contributed by atoms with Crippen LogP contribution in [0.1, 0.15) is 39.5 Å². The maximum absolute atomic E-state index is 13.2. The summed E-state index contributed by atoms with van der Waals surface area (Å²) in [7, 11) is 0. The lowest BCUT2D eigenvalue weighted by atomic mass is 9.94. The molecule has 0 aromatic heterocycles. The van der Waals surface area contributed by atoms with Crippen molar-refractivity contribution in [2.45, 2.75) is 45.5 Å². The molecule has 0 N–H and O–H groups in total. The van der Waals surface area contributed by atoms with Crippen molar-refractivity contribution in [1.82, 2.24) is 4.90 Å². The summed E-state index contributed by atoms with van der Waals surface area (Å²) in [5.74, 6) is -2.95. The Morgan fingerprint density at radius 1 is 1.36 bits per heavy atom. The third kappa shape index (κ3) is 3.52. The first kappa shape index (κ1) is 11.9. The SMILES string of the molecule is CCCC[C@H](CN1CCC1)C(C)(F)F. The van der Waals surface area contributed by atoms with Gasteiger partial charge < -0.3 is 4.90 Å². The summed E-state index contributed by atoms with van der Waals surface area (Å²) in [5, 5.41) is 0. The van der Waals surface area contributed by atoms with Crippen LogP contribution in [0.4, 0.5) is 8.78 Å². The molecule has 0 saturated carbocycles. The van der Waals surface area contributed by atoms with Gasteiger partial charge in [0.05, 0.1) is 0 Å². The number of hydrogen-bond donors (Lipinski definition) is 0. The van der Waals surface area contributed by atoms with Gasteiger partial charge >= 0.3 is 0 Å². The lowest BCUT2D eigenvalue weighted by molar-refractivity contribution is -0.0610. The van der Waals surface area contributed by atoms with E-state index in [1.165, 1.54) is 6.42 Å². The zero-order valence-electron chi connectivity index (χ0n) is 9.23. The largest absolute Gasteiger partial charge is 0.303 e. The molecule has 1 atom stereocenters. The summed E-state index contributed by atoms with van der Waals surface area (Å²) in [5.41, 5.74) is 0. The van der Waals surface area contributed by atoms with Gasteiger partial charge in [-0.2, -0.15) is 0 Å². The Bertz CT molecular complexity index is 161. The van der Waals surface area contributed by atoms with Crippen molar-refractivity contribution in [1.29, 1.82) is 0 Å². The Morgan fingerprint density at radius 2 is 2.00 bits per heavy atom. The normalized spacial score (nSPS) is 20.6. The molecule has 3 heteroatoms. The third-order valence-electron chi connectivity index (χ3n) is 3.05. The van der Waals surface area contributed by atoms with E-state index in [-0.39, 0.29) is 0 Å². The average Bonchev–Trinajstić information content (AvgIpc) is 1.99. The highest BCUT2D eigenvalue weighted by molar-refractivity contribution is 4.79. The monoisotopic (exact) mass is 205 g/mol. The molecular formula is C11H21F2N. The topological polar surface area (TPSA) is 3.24 Å². The van der Waals surface area contributed by atoms with E-state index in [0.29, 0.717) is 13.0 Å². The number of halogens is 2. The second kappa shape index (κ2) is 5.06. The second-order valence-electron chi connectivity index (χ2n) is 4.45. The summed E-state index contributed by atoms with van der Waals surface area (Å²) in [4.78, 5) is 2.14. The third-order valence-corrected chi connectivity index (χ3v) is 3.05. The van der Waals surface area contributed by atoms with Crippen LogP contribution in [0.5, 0.6) is 0 Å². The molecule has 1 heterocycles. The van der Waals surface area contributed by atoms with Crippen molar-refractivity contribution < 1.29 is 8.78 Å². The van der Waals surface area contributed by atoms with E-state index < -0.39 is 11.8 Å². The van der Waals surface area contributed by atoms with E-state index in [1.54, 1.807) is 0 Å². The van der Waals surface area contributed by atoms with Crippen LogP contribution in [0.2, 0.25) is 0 Å². The van der Waals surface area contributed by atoms with Gasteiger partial charge in [-0.25, -0.2) is 8.78 Å². The maximum atomic E-state index is 13.2. The zero-order valence-corrected chi connectivity index (χ0v) is 9.23. The highest BCUT2D eigenvalue weighted by Gasteiger charge is 2.35. The van der Waals surface area contributed by atoms with Crippen molar-refractivity contribution in [2.75, 3.05) is 19.6 Å². The molecule has 14 heavy (non-hydrogen) atoms. The van der Waals surface area contributed by atoms with Gasteiger partial charge in [-0.05, 0) is 32.9 Å². The van der Waals surface area contributed by atoms with Gasteiger partial charge in [-0.1, -0.05) is 19.8 Å². The Hall–Kier alpha value is -0.180. The van der Waals surface area contributed by atoms with Crippen LogP contribution in [-0.4, -0.2) is 30.5 Å². The fraction of sp³-hybridized carbons (Fsp3) is 1.00. The first-order valence-corrected chi connectivity index (χ1v) is 5.64. The van der Waals surface area contributed by atoms with Crippen molar-refractivity contribution in [3.8, 4) is 0 Å². The van der Waals surface area contributed by atoms with Crippen LogP contribution in [0.3, 0.4) is 0 Å². The number of rotatable bonds is 6. The molecule has 1 saturated heterocycles. The van der Waals surface area contributed by atoms with E-state index in [1.807, 2.05) is 0 Å². The van der Waals surface area contributed by atoms with Crippen molar-refractivity contribution in [3.05, 3.63) is 0 Å².